The van der Waals surface area contributed by atoms with Crippen LogP contribution in [0, 0.1) is 5.41 Å². The molecule has 0 bridgehead atoms. The first-order valence-electron chi connectivity index (χ1n) is 6.50. The molecule has 1 heterocycles. The predicted octanol–water partition coefficient (Wildman–Crippen LogP) is 1.78. The van der Waals surface area contributed by atoms with Crippen LogP contribution in [0.5, 0.6) is 0 Å². The third-order valence-corrected chi connectivity index (χ3v) is 3.89. The molecular weight excluding hydrogens is 262 g/mol. The quantitative estimate of drug-likeness (QED) is 0.447. The number of esters is 1. The van der Waals surface area contributed by atoms with Crippen LogP contribution in [0.1, 0.15) is 26.2 Å². The molecule has 0 aromatic heterocycles. The molecule has 2 aliphatic rings. The number of nitrogens with zero attached hydrogens (tertiary/aromatic N) is 1. The molecule has 1 saturated heterocycles. The standard InChI is InChI=1S/C11H16BF3NO3/c1-2-19-10(18)11(7-8(11)12(13,14)15)9(17)16-5-3-4-6-16/h8H,2-7H2,1H3/q-1/t8-,11-/m0/s1. The highest BCUT2D eigenvalue weighted by Gasteiger charge is 2.72. The molecule has 19 heavy (non-hydrogen) atoms. The average molecular weight is 278 g/mol. The number of hydrogen-bond acceptors (Lipinski definition) is 3. The Morgan fingerprint density at radius 1 is 1.32 bits per heavy atom. The number of rotatable bonds is 4. The van der Waals surface area contributed by atoms with Crippen LogP contribution in [0.15, 0.2) is 0 Å². The van der Waals surface area contributed by atoms with Crippen LogP contribution in [0.4, 0.5) is 12.9 Å². The summed E-state index contributed by atoms with van der Waals surface area (Å²) in [7, 11) is 0. The van der Waals surface area contributed by atoms with E-state index in [4.69, 9.17) is 4.74 Å². The number of halogens is 3. The van der Waals surface area contributed by atoms with E-state index in [0.717, 1.165) is 12.8 Å². The minimum Gasteiger partial charge on any atom is -0.465 e. The summed E-state index contributed by atoms with van der Waals surface area (Å²) in [6.07, 6.45) is 1.09. The van der Waals surface area contributed by atoms with Gasteiger partial charge in [-0.25, -0.2) is 0 Å². The molecule has 0 unspecified atom stereocenters. The van der Waals surface area contributed by atoms with Crippen LogP contribution in [-0.2, 0) is 14.3 Å². The topological polar surface area (TPSA) is 46.6 Å². The van der Waals surface area contributed by atoms with Crippen molar-refractivity contribution in [1.82, 2.24) is 4.90 Å². The van der Waals surface area contributed by atoms with E-state index in [1.165, 1.54) is 11.8 Å². The fraction of sp³-hybridized carbons (Fsp3) is 0.818. The Morgan fingerprint density at radius 3 is 2.32 bits per heavy atom. The number of hydrogen-bond donors (Lipinski definition) is 0. The molecule has 8 heteroatoms. The minimum absolute atomic E-state index is 0.0224. The van der Waals surface area contributed by atoms with Gasteiger partial charge >= 0.3 is 12.9 Å². The van der Waals surface area contributed by atoms with Crippen molar-refractivity contribution in [2.45, 2.75) is 32.0 Å². The predicted molar refractivity (Wildman–Crippen MR) is 62.3 cm³/mol. The van der Waals surface area contributed by atoms with Gasteiger partial charge in [-0.05, 0) is 25.6 Å². The molecular formula is C11H16BF3NO3-. The number of ether oxygens (including phenoxy) is 1. The van der Waals surface area contributed by atoms with Crippen molar-refractivity contribution in [3.05, 3.63) is 0 Å². The lowest BCUT2D eigenvalue weighted by atomic mass is 9.77. The maximum Gasteiger partial charge on any atom is 0.483 e. The second kappa shape index (κ2) is 4.72. The summed E-state index contributed by atoms with van der Waals surface area (Å²) in [5.74, 6) is -3.55. The highest BCUT2D eigenvalue weighted by atomic mass is 19.4. The maximum absolute atomic E-state index is 12.9. The highest BCUT2D eigenvalue weighted by molar-refractivity contribution is 6.63. The minimum atomic E-state index is -5.20. The smallest absolute Gasteiger partial charge is 0.465 e. The number of carbonyl (C=O) groups excluding carboxylic acids is 2. The zero-order chi connectivity index (χ0) is 14.3. The van der Waals surface area contributed by atoms with Crippen LogP contribution >= 0.6 is 0 Å². The van der Waals surface area contributed by atoms with Crippen molar-refractivity contribution < 1.29 is 27.3 Å². The van der Waals surface area contributed by atoms with Crippen LogP contribution in [0.25, 0.3) is 0 Å². The fourth-order valence-corrected chi connectivity index (χ4v) is 2.77. The Hall–Kier alpha value is -1.21. The van der Waals surface area contributed by atoms with Gasteiger partial charge in [-0.2, -0.15) is 0 Å². The lowest BCUT2D eigenvalue weighted by Gasteiger charge is -2.25. The van der Waals surface area contributed by atoms with Crippen molar-refractivity contribution >= 4 is 18.9 Å². The summed E-state index contributed by atoms with van der Waals surface area (Å²) in [5.41, 5.74) is -1.99. The number of carbonyl (C=O) groups is 2. The lowest BCUT2D eigenvalue weighted by Crippen LogP contribution is -2.42. The summed E-state index contributed by atoms with van der Waals surface area (Å²) in [6.45, 7) is -2.85. The first-order valence-corrected chi connectivity index (χ1v) is 6.50. The van der Waals surface area contributed by atoms with E-state index in [-0.39, 0.29) is 6.61 Å². The lowest BCUT2D eigenvalue weighted by molar-refractivity contribution is -0.157. The van der Waals surface area contributed by atoms with Gasteiger partial charge in [0.1, 0.15) is 5.41 Å². The molecule has 2 atom stereocenters. The molecule has 0 radical (unpaired) electrons. The van der Waals surface area contributed by atoms with E-state index < -0.39 is 36.5 Å². The second-order valence-corrected chi connectivity index (χ2v) is 5.13. The third kappa shape index (κ3) is 2.32. The Balaban J connectivity index is 2.21. The normalized spacial score (nSPS) is 30.3. The van der Waals surface area contributed by atoms with Gasteiger partial charge in [-0.15, -0.1) is 0 Å². The molecule has 108 valence electrons. The molecule has 0 spiro atoms. The summed E-state index contributed by atoms with van der Waals surface area (Å²) >= 11 is 0. The Kier molecular flexibility index (Phi) is 3.53. The van der Waals surface area contributed by atoms with E-state index in [1.54, 1.807) is 0 Å². The van der Waals surface area contributed by atoms with E-state index in [1.807, 2.05) is 0 Å². The van der Waals surface area contributed by atoms with Crippen molar-refractivity contribution in [2.24, 2.45) is 5.41 Å². The first-order chi connectivity index (χ1) is 8.84. The SMILES string of the molecule is CCOC(=O)[C@@]1(C(=O)N2CCCC2)C[C@@H]1[B-](F)(F)F. The average Bonchev–Trinajstić information content (AvgIpc) is 2.88. The Morgan fingerprint density at radius 2 is 1.89 bits per heavy atom. The highest BCUT2D eigenvalue weighted by Crippen LogP contribution is 2.65. The van der Waals surface area contributed by atoms with Crippen molar-refractivity contribution in [3.63, 3.8) is 0 Å². The summed E-state index contributed by atoms with van der Waals surface area (Å²) < 4.78 is 43.3. The second-order valence-electron chi connectivity index (χ2n) is 5.13. The van der Waals surface area contributed by atoms with Gasteiger partial charge in [-0.1, -0.05) is 6.42 Å². The molecule has 2 rings (SSSR count). The van der Waals surface area contributed by atoms with Crippen molar-refractivity contribution in [2.75, 3.05) is 19.7 Å². The van der Waals surface area contributed by atoms with Gasteiger partial charge in [0.05, 0.1) is 6.61 Å². The molecule has 0 aromatic carbocycles. The van der Waals surface area contributed by atoms with Crippen molar-refractivity contribution in [1.29, 1.82) is 0 Å². The summed E-state index contributed by atoms with van der Waals surface area (Å²) in [4.78, 5) is 25.4. The molecule has 4 nitrogen and oxygen atoms in total. The Labute approximate surface area is 109 Å². The van der Waals surface area contributed by atoms with Gasteiger partial charge < -0.3 is 22.6 Å². The van der Waals surface area contributed by atoms with Crippen LogP contribution in [0.2, 0.25) is 5.82 Å². The molecule has 0 aromatic rings. The molecule has 0 N–H and O–H groups in total. The van der Waals surface area contributed by atoms with Gasteiger partial charge in [0.15, 0.2) is 0 Å². The van der Waals surface area contributed by atoms with Gasteiger partial charge in [0.25, 0.3) is 0 Å². The third-order valence-electron chi connectivity index (χ3n) is 3.89. The van der Waals surface area contributed by atoms with Crippen LogP contribution in [0.3, 0.4) is 0 Å². The van der Waals surface area contributed by atoms with Gasteiger partial charge in [0, 0.05) is 13.1 Å². The van der Waals surface area contributed by atoms with Gasteiger partial charge in [0.2, 0.25) is 5.91 Å². The monoisotopic (exact) mass is 278 g/mol. The van der Waals surface area contributed by atoms with E-state index in [9.17, 15) is 22.5 Å². The Bertz CT molecular complexity index is 395. The number of amides is 1. The van der Waals surface area contributed by atoms with E-state index >= 15 is 0 Å². The fourth-order valence-electron chi connectivity index (χ4n) is 2.77. The molecule has 2 fully saturated rings. The molecule has 1 aliphatic heterocycles. The number of likely N-dealkylation sites (tertiary alicyclic amines) is 1. The van der Waals surface area contributed by atoms with Crippen LogP contribution in [-0.4, -0.2) is 43.5 Å². The molecule has 1 saturated carbocycles. The summed E-state index contributed by atoms with van der Waals surface area (Å²) in [6, 6.07) is 0. The van der Waals surface area contributed by atoms with Gasteiger partial charge in [-0.3, -0.25) is 9.59 Å². The first kappa shape index (κ1) is 14.2. The molecule has 1 aliphatic carbocycles. The summed E-state index contributed by atoms with van der Waals surface area (Å²) in [5, 5.41) is 0. The zero-order valence-corrected chi connectivity index (χ0v) is 10.7. The molecule has 1 amide bonds. The van der Waals surface area contributed by atoms with E-state index in [2.05, 4.69) is 0 Å². The van der Waals surface area contributed by atoms with E-state index in [0.29, 0.717) is 13.1 Å². The van der Waals surface area contributed by atoms with Crippen molar-refractivity contribution in [3.8, 4) is 0 Å². The maximum atomic E-state index is 12.9. The largest absolute Gasteiger partial charge is 0.483 e. The zero-order valence-electron chi connectivity index (χ0n) is 10.7. The van der Waals surface area contributed by atoms with Crippen LogP contribution < -0.4 is 0 Å².